The van der Waals surface area contributed by atoms with E-state index in [0.29, 0.717) is 12.0 Å². The van der Waals surface area contributed by atoms with Gasteiger partial charge in [0.1, 0.15) is 5.75 Å². The van der Waals surface area contributed by atoms with Gasteiger partial charge in [-0.15, -0.1) is 13.2 Å². The fourth-order valence-corrected chi connectivity index (χ4v) is 3.61. The molecule has 0 amide bonds. The molecule has 1 unspecified atom stereocenters. The molecule has 0 bridgehead atoms. The predicted octanol–water partition coefficient (Wildman–Crippen LogP) is 7.85. The molecule has 2 N–H and O–H groups in total. The van der Waals surface area contributed by atoms with Crippen LogP contribution in [0.15, 0.2) is 42.5 Å². The quantitative estimate of drug-likeness (QED) is 0.344. The monoisotopic (exact) mass is 481 g/mol. The maximum atomic E-state index is 12.5. The molecule has 34 heavy (non-hydrogen) atoms. The molecule has 3 rings (SSSR count). The van der Waals surface area contributed by atoms with Gasteiger partial charge in [-0.3, -0.25) is 0 Å². The van der Waals surface area contributed by atoms with Crippen molar-refractivity contribution < 1.29 is 27.8 Å². The van der Waals surface area contributed by atoms with E-state index in [1.165, 1.54) is 12.1 Å². The fourth-order valence-electron chi connectivity index (χ4n) is 3.61. The highest BCUT2D eigenvalue weighted by atomic mass is 19.4. The molecular weight excluding hydrogens is 443 g/mol. The van der Waals surface area contributed by atoms with E-state index in [2.05, 4.69) is 27.4 Å². The second kappa shape index (κ2) is 14.7. The zero-order chi connectivity index (χ0) is 25.7. The van der Waals surface area contributed by atoms with Crippen molar-refractivity contribution in [3.05, 3.63) is 53.7 Å². The number of fused-ring (bicyclic) bond motifs is 1. The first kappa shape index (κ1) is 29.5. The zero-order valence-corrected chi connectivity index (χ0v) is 21.1. The van der Waals surface area contributed by atoms with Crippen LogP contribution in [0.4, 0.5) is 13.2 Å². The fraction of sp³-hybridized carbons (Fsp3) is 0.481. The Bertz CT molecular complexity index is 981. The summed E-state index contributed by atoms with van der Waals surface area (Å²) in [5, 5.41) is 10.3. The summed E-state index contributed by atoms with van der Waals surface area (Å²) in [6, 6.07) is 12.1. The van der Waals surface area contributed by atoms with Crippen LogP contribution >= 0.6 is 0 Å². The van der Waals surface area contributed by atoms with Crippen molar-refractivity contribution in [2.45, 2.75) is 66.2 Å². The number of nitrogens with one attached hydrogen (secondary N) is 1. The third-order valence-electron chi connectivity index (χ3n) is 5.31. The average Bonchev–Trinajstić information content (AvgIpc) is 3.26. The van der Waals surface area contributed by atoms with E-state index >= 15 is 0 Å². The molecule has 0 aliphatic heterocycles. The van der Waals surface area contributed by atoms with Gasteiger partial charge in [0.2, 0.25) is 0 Å². The van der Waals surface area contributed by atoms with Crippen molar-refractivity contribution in [3.8, 4) is 16.9 Å². The van der Waals surface area contributed by atoms with Crippen molar-refractivity contribution in [1.29, 1.82) is 0 Å². The molecule has 0 aliphatic rings. The normalized spacial score (nSPS) is 11.8. The molecule has 1 atom stereocenters. The molecule has 7 heteroatoms. The van der Waals surface area contributed by atoms with E-state index in [1.54, 1.807) is 19.2 Å². The van der Waals surface area contributed by atoms with Gasteiger partial charge in [-0.1, -0.05) is 39.8 Å². The maximum absolute atomic E-state index is 12.5. The van der Waals surface area contributed by atoms with Crippen LogP contribution in [0.5, 0.6) is 5.75 Å². The minimum absolute atomic E-state index is 0.131. The number of benzene rings is 2. The van der Waals surface area contributed by atoms with E-state index in [9.17, 15) is 18.3 Å². The lowest BCUT2D eigenvalue weighted by Crippen LogP contribution is -2.17. The highest BCUT2D eigenvalue weighted by molar-refractivity contribution is 5.89. The molecule has 0 radical (unpaired) electrons. The van der Waals surface area contributed by atoms with Gasteiger partial charge in [0.25, 0.3) is 0 Å². The summed E-state index contributed by atoms with van der Waals surface area (Å²) in [6.45, 7) is 11.0. The van der Waals surface area contributed by atoms with Crippen LogP contribution in [0, 0.1) is 0 Å². The van der Waals surface area contributed by atoms with Gasteiger partial charge in [0.05, 0.1) is 0 Å². The minimum atomic E-state index is -4.71. The van der Waals surface area contributed by atoms with Crippen molar-refractivity contribution >= 4 is 10.9 Å². The lowest BCUT2D eigenvalue weighted by Gasteiger charge is -2.11. The van der Waals surface area contributed by atoms with Crippen molar-refractivity contribution in [1.82, 2.24) is 4.98 Å². The van der Waals surface area contributed by atoms with Gasteiger partial charge in [-0.2, -0.15) is 0 Å². The molecule has 2 aromatic carbocycles. The molecule has 1 heterocycles. The van der Waals surface area contributed by atoms with E-state index in [0.717, 1.165) is 47.2 Å². The Hall–Kier alpha value is -2.51. The predicted molar refractivity (Wildman–Crippen MR) is 133 cm³/mol. The molecule has 1 aromatic heterocycles. The molecule has 0 saturated heterocycles. The number of aliphatic hydroxyl groups excluding tert-OH is 1. The van der Waals surface area contributed by atoms with Crippen molar-refractivity contribution in [2.24, 2.45) is 0 Å². The van der Waals surface area contributed by atoms with Crippen LogP contribution in [0.3, 0.4) is 0 Å². The first-order valence-electron chi connectivity index (χ1n) is 11.9. The van der Waals surface area contributed by atoms with Gasteiger partial charge < -0.3 is 19.6 Å². The first-order chi connectivity index (χ1) is 16.3. The number of aliphatic hydroxyl groups is 1. The van der Waals surface area contributed by atoms with Gasteiger partial charge in [0, 0.05) is 42.8 Å². The number of methoxy groups -OCH3 is 1. The number of ether oxygens (including phenoxy) is 2. The Morgan fingerprint density at radius 3 is 2.21 bits per heavy atom. The molecule has 0 fully saturated rings. The van der Waals surface area contributed by atoms with Crippen LogP contribution in [0.1, 0.15) is 64.6 Å². The number of halogens is 3. The Labute approximate surface area is 201 Å². The van der Waals surface area contributed by atoms with Crippen molar-refractivity contribution in [3.63, 3.8) is 0 Å². The highest BCUT2D eigenvalue weighted by Gasteiger charge is 2.31. The molecule has 0 saturated carbocycles. The summed E-state index contributed by atoms with van der Waals surface area (Å²) in [7, 11) is 1.68. The number of aromatic amines is 1. The number of alkyl halides is 3. The van der Waals surface area contributed by atoms with E-state index in [1.807, 2.05) is 39.8 Å². The molecule has 3 aromatic rings. The number of aromatic nitrogens is 1. The van der Waals surface area contributed by atoms with Gasteiger partial charge in [0.15, 0.2) is 0 Å². The number of aryl methyl sites for hydroxylation is 1. The summed E-state index contributed by atoms with van der Waals surface area (Å²) in [4.78, 5) is 3.49. The topological polar surface area (TPSA) is 54.5 Å². The van der Waals surface area contributed by atoms with E-state index in [-0.39, 0.29) is 18.3 Å². The highest BCUT2D eigenvalue weighted by Crippen LogP contribution is 2.34. The average molecular weight is 482 g/mol. The molecule has 0 aliphatic carbocycles. The SMILES string of the molecule is CC.CCOC.CCc1cc(-c2cccc(OC(F)(F)F)c2)cc2cc(C(CC)CCO)[nH]c12. The summed E-state index contributed by atoms with van der Waals surface area (Å²) in [5.74, 6) is 0.0148. The Kier molecular flexibility index (Phi) is 12.8. The maximum Gasteiger partial charge on any atom is 0.573 e. The van der Waals surface area contributed by atoms with E-state index < -0.39 is 6.36 Å². The lowest BCUT2D eigenvalue weighted by atomic mass is 9.97. The largest absolute Gasteiger partial charge is 0.573 e. The van der Waals surface area contributed by atoms with Gasteiger partial charge >= 0.3 is 6.36 Å². The lowest BCUT2D eigenvalue weighted by molar-refractivity contribution is -0.274. The second-order valence-electron chi connectivity index (χ2n) is 7.45. The summed E-state index contributed by atoms with van der Waals surface area (Å²) < 4.78 is 46.2. The minimum Gasteiger partial charge on any atom is -0.406 e. The van der Waals surface area contributed by atoms with Gasteiger partial charge in [-0.05, 0) is 73.2 Å². The number of rotatable bonds is 8. The molecule has 0 spiro atoms. The standard InChI is InChI=1S/C22H24F3NO2.C3H8O.C2H6/c1-3-14(8-9-27)20-13-18-11-17(10-15(4-2)21(18)26-20)16-6-5-7-19(12-16)28-22(23,24)25;1-3-4-2;1-2/h5-7,10-14,26-27H,3-4,8-9H2,1-2H3;3H2,1-2H3;1-2H3. The number of H-pyrrole nitrogens is 1. The zero-order valence-electron chi connectivity index (χ0n) is 21.1. The Balaban J connectivity index is 0.000000872. The third kappa shape index (κ3) is 8.69. The van der Waals surface area contributed by atoms with Gasteiger partial charge in [-0.25, -0.2) is 0 Å². The van der Waals surface area contributed by atoms with E-state index in [4.69, 9.17) is 0 Å². The third-order valence-corrected chi connectivity index (χ3v) is 5.31. The molecular formula is C27H38F3NO3. The number of hydrogen-bond donors (Lipinski definition) is 2. The second-order valence-corrected chi connectivity index (χ2v) is 7.45. The van der Waals surface area contributed by atoms with Crippen LogP contribution in [0.25, 0.3) is 22.0 Å². The summed E-state index contributed by atoms with van der Waals surface area (Å²) in [6.07, 6.45) is -2.32. The van der Waals surface area contributed by atoms with Crippen LogP contribution < -0.4 is 4.74 Å². The first-order valence-corrected chi connectivity index (χ1v) is 11.9. The number of hydrogen-bond acceptors (Lipinski definition) is 3. The summed E-state index contributed by atoms with van der Waals surface area (Å²) in [5.41, 5.74) is 4.73. The molecule has 190 valence electrons. The Morgan fingerprint density at radius 2 is 1.68 bits per heavy atom. The van der Waals surface area contributed by atoms with Crippen LogP contribution in [-0.2, 0) is 11.2 Å². The Morgan fingerprint density at radius 1 is 1.00 bits per heavy atom. The molecule has 4 nitrogen and oxygen atoms in total. The summed E-state index contributed by atoms with van der Waals surface area (Å²) >= 11 is 0. The van der Waals surface area contributed by atoms with Crippen molar-refractivity contribution in [2.75, 3.05) is 20.3 Å². The van der Waals surface area contributed by atoms with Crippen LogP contribution in [-0.4, -0.2) is 36.8 Å². The smallest absolute Gasteiger partial charge is 0.406 e. The van der Waals surface area contributed by atoms with Crippen LogP contribution in [0.2, 0.25) is 0 Å².